The largest absolute Gasteiger partial charge is 0.393 e. The normalized spacial score (nSPS) is 40.5. The van der Waals surface area contributed by atoms with Crippen molar-refractivity contribution in [3.8, 4) is 0 Å². The van der Waals surface area contributed by atoms with Crippen molar-refractivity contribution in [2.75, 3.05) is 0 Å². The predicted octanol–water partition coefficient (Wildman–Crippen LogP) is 4.31. The molecule has 0 spiro atoms. The van der Waals surface area contributed by atoms with Gasteiger partial charge in [-0.1, -0.05) is 39.3 Å². The number of allylic oxidation sites excluding steroid dienone is 1. The molecule has 0 heterocycles. The summed E-state index contributed by atoms with van der Waals surface area (Å²) in [5, 5.41) is 20.1. The summed E-state index contributed by atoms with van der Waals surface area (Å²) in [5.41, 5.74) is 0.340. The minimum Gasteiger partial charge on any atom is -0.393 e. The van der Waals surface area contributed by atoms with Crippen molar-refractivity contribution in [2.45, 2.75) is 84.3 Å². The first kappa shape index (κ1) is 17.0. The van der Waals surface area contributed by atoms with Gasteiger partial charge < -0.3 is 10.2 Å². The minimum absolute atomic E-state index is 0.0650. The van der Waals surface area contributed by atoms with Gasteiger partial charge in [0.05, 0.1) is 12.2 Å². The van der Waals surface area contributed by atoms with Crippen molar-refractivity contribution in [1.82, 2.24) is 0 Å². The molecule has 4 unspecified atom stereocenters. The van der Waals surface area contributed by atoms with Crippen LogP contribution in [0.15, 0.2) is 12.2 Å². The Labute approximate surface area is 130 Å². The quantitative estimate of drug-likeness (QED) is 0.759. The third-order valence-corrected chi connectivity index (χ3v) is 6.14. The zero-order valence-electron chi connectivity index (χ0n) is 14.1. The second-order valence-electron chi connectivity index (χ2n) is 7.34. The highest BCUT2D eigenvalue weighted by Crippen LogP contribution is 2.56. The van der Waals surface area contributed by atoms with E-state index in [1.54, 1.807) is 0 Å². The van der Waals surface area contributed by atoms with Crippen LogP contribution in [0.3, 0.4) is 0 Å². The second-order valence-corrected chi connectivity index (χ2v) is 7.34. The van der Waals surface area contributed by atoms with Crippen molar-refractivity contribution in [2.24, 2.45) is 23.2 Å². The third kappa shape index (κ3) is 3.71. The predicted molar refractivity (Wildman–Crippen MR) is 88.0 cm³/mol. The molecule has 2 heteroatoms. The van der Waals surface area contributed by atoms with Gasteiger partial charge in [-0.15, -0.1) is 0 Å². The minimum atomic E-state index is -0.207. The van der Waals surface area contributed by atoms with E-state index >= 15 is 0 Å². The van der Waals surface area contributed by atoms with Crippen molar-refractivity contribution in [3.63, 3.8) is 0 Å². The molecule has 0 aromatic heterocycles. The SMILES string of the molecule is CC.CC12CCCC(O)[C@@H]1CCC2C/C=C/C(O)C1CC1. The summed E-state index contributed by atoms with van der Waals surface area (Å²) in [5.74, 6) is 1.77. The molecule has 0 radical (unpaired) electrons. The first-order valence-corrected chi connectivity index (χ1v) is 9.14. The van der Waals surface area contributed by atoms with Gasteiger partial charge in [0.2, 0.25) is 0 Å². The van der Waals surface area contributed by atoms with E-state index in [1.807, 2.05) is 19.9 Å². The second kappa shape index (κ2) is 7.28. The van der Waals surface area contributed by atoms with Gasteiger partial charge in [-0.05, 0) is 68.1 Å². The zero-order chi connectivity index (χ0) is 15.5. The highest BCUT2D eigenvalue weighted by atomic mass is 16.3. The van der Waals surface area contributed by atoms with E-state index in [2.05, 4.69) is 13.0 Å². The summed E-state index contributed by atoms with van der Waals surface area (Å²) in [7, 11) is 0. The number of fused-ring (bicyclic) bond motifs is 1. The van der Waals surface area contributed by atoms with Crippen molar-refractivity contribution >= 4 is 0 Å². The first-order valence-electron chi connectivity index (χ1n) is 9.14. The molecule has 5 atom stereocenters. The van der Waals surface area contributed by atoms with Crippen LogP contribution in [0.1, 0.15) is 72.1 Å². The molecule has 3 saturated carbocycles. The Bertz CT molecular complexity index is 347. The van der Waals surface area contributed by atoms with Crippen LogP contribution < -0.4 is 0 Å². The van der Waals surface area contributed by atoms with Crippen molar-refractivity contribution < 1.29 is 10.2 Å². The molecular weight excluding hydrogens is 260 g/mol. The number of hydrogen-bond acceptors (Lipinski definition) is 2. The molecule has 2 N–H and O–H groups in total. The van der Waals surface area contributed by atoms with Gasteiger partial charge in [-0.2, -0.15) is 0 Å². The van der Waals surface area contributed by atoms with Gasteiger partial charge in [0, 0.05) is 0 Å². The van der Waals surface area contributed by atoms with Gasteiger partial charge in [-0.3, -0.25) is 0 Å². The molecule has 122 valence electrons. The summed E-state index contributed by atoms with van der Waals surface area (Å²) in [4.78, 5) is 0. The fourth-order valence-electron chi connectivity index (χ4n) is 4.62. The van der Waals surface area contributed by atoms with Crippen LogP contribution in [0.4, 0.5) is 0 Å². The molecule has 3 aliphatic carbocycles. The van der Waals surface area contributed by atoms with Crippen LogP contribution in [0.5, 0.6) is 0 Å². The lowest BCUT2D eigenvalue weighted by Crippen LogP contribution is -2.39. The molecule has 0 amide bonds. The fraction of sp³-hybridized carbons (Fsp3) is 0.895. The van der Waals surface area contributed by atoms with Crippen LogP contribution in [0.2, 0.25) is 0 Å². The van der Waals surface area contributed by atoms with E-state index in [9.17, 15) is 10.2 Å². The maximum atomic E-state index is 10.2. The molecular formula is C19H34O2. The maximum Gasteiger partial charge on any atom is 0.0749 e. The third-order valence-electron chi connectivity index (χ3n) is 6.14. The maximum absolute atomic E-state index is 10.2. The Kier molecular flexibility index (Phi) is 5.90. The van der Waals surface area contributed by atoms with Crippen LogP contribution in [0.25, 0.3) is 0 Å². The van der Waals surface area contributed by atoms with Gasteiger partial charge in [0.1, 0.15) is 0 Å². The highest BCUT2D eigenvalue weighted by molar-refractivity contribution is 5.04. The van der Waals surface area contributed by atoms with E-state index in [4.69, 9.17) is 0 Å². The monoisotopic (exact) mass is 294 g/mol. The average Bonchev–Trinajstić information content (AvgIpc) is 3.27. The Morgan fingerprint density at radius 3 is 2.52 bits per heavy atom. The first-order chi connectivity index (χ1) is 10.1. The lowest BCUT2D eigenvalue weighted by molar-refractivity contribution is -0.0164. The standard InChI is InChI=1S/C17H28O2.C2H6/c1-17-11-3-6-16(19)14(17)10-9-13(17)4-2-5-15(18)12-7-8-12;1-2/h2,5,12-16,18-19H,3-4,6-11H2,1H3;1-2H3/b5-2+;/t13?,14-,15?,16?,17?;/m0./s1. The molecule has 0 bridgehead atoms. The number of hydrogen-bond donors (Lipinski definition) is 2. The molecule has 3 rings (SSSR count). The topological polar surface area (TPSA) is 40.5 Å². The number of aliphatic hydroxyl groups is 2. The summed E-state index contributed by atoms with van der Waals surface area (Å²) in [6.45, 7) is 6.39. The highest BCUT2D eigenvalue weighted by Gasteiger charge is 2.50. The average molecular weight is 294 g/mol. The summed E-state index contributed by atoms with van der Waals surface area (Å²) < 4.78 is 0. The molecule has 3 aliphatic rings. The molecule has 0 aliphatic heterocycles. The molecule has 21 heavy (non-hydrogen) atoms. The van der Waals surface area contributed by atoms with Gasteiger partial charge >= 0.3 is 0 Å². The Morgan fingerprint density at radius 1 is 1.14 bits per heavy atom. The smallest absolute Gasteiger partial charge is 0.0749 e. The lowest BCUT2D eigenvalue weighted by atomic mass is 9.64. The number of aliphatic hydroxyl groups excluding tert-OH is 2. The van der Waals surface area contributed by atoms with Crippen LogP contribution in [0, 0.1) is 23.2 Å². The van der Waals surface area contributed by atoms with E-state index in [1.165, 1.54) is 38.5 Å². The van der Waals surface area contributed by atoms with Gasteiger partial charge in [0.25, 0.3) is 0 Å². The van der Waals surface area contributed by atoms with E-state index < -0.39 is 0 Å². The van der Waals surface area contributed by atoms with Crippen molar-refractivity contribution in [1.29, 1.82) is 0 Å². The Hall–Kier alpha value is -0.340. The molecule has 3 fully saturated rings. The van der Waals surface area contributed by atoms with Crippen LogP contribution >= 0.6 is 0 Å². The van der Waals surface area contributed by atoms with E-state index in [0.29, 0.717) is 23.2 Å². The van der Waals surface area contributed by atoms with Gasteiger partial charge in [0.15, 0.2) is 0 Å². The summed E-state index contributed by atoms with van der Waals surface area (Å²) in [6.07, 6.45) is 13.3. The summed E-state index contributed by atoms with van der Waals surface area (Å²) in [6, 6.07) is 0. The summed E-state index contributed by atoms with van der Waals surface area (Å²) >= 11 is 0. The van der Waals surface area contributed by atoms with Crippen LogP contribution in [-0.2, 0) is 0 Å². The Morgan fingerprint density at radius 2 is 1.86 bits per heavy atom. The Balaban J connectivity index is 0.000000774. The van der Waals surface area contributed by atoms with E-state index in [0.717, 1.165) is 12.8 Å². The fourth-order valence-corrected chi connectivity index (χ4v) is 4.62. The van der Waals surface area contributed by atoms with E-state index in [-0.39, 0.29) is 12.2 Å². The zero-order valence-corrected chi connectivity index (χ0v) is 14.1. The molecule has 0 saturated heterocycles. The molecule has 0 aromatic carbocycles. The molecule has 0 aromatic rings. The molecule has 2 nitrogen and oxygen atoms in total. The van der Waals surface area contributed by atoms with Gasteiger partial charge in [-0.25, -0.2) is 0 Å². The number of rotatable bonds is 4. The lowest BCUT2D eigenvalue weighted by Gasteiger charge is -2.43. The van der Waals surface area contributed by atoms with Crippen LogP contribution in [-0.4, -0.2) is 22.4 Å². The van der Waals surface area contributed by atoms with Crippen molar-refractivity contribution in [3.05, 3.63) is 12.2 Å².